The predicted molar refractivity (Wildman–Crippen MR) is 139 cm³/mol. The number of pyridine rings is 1. The quantitative estimate of drug-likeness (QED) is 0.446. The number of halogens is 2. The lowest BCUT2D eigenvalue weighted by Crippen LogP contribution is -2.52. The molecule has 2 fully saturated rings. The standard InChI is InChI=1S/C26H23ClFN5O5S/c1-11-20(23-18(8-29-11)39-10-31-23)12-4-14(5-12)38-26(37)30-7-13-6-16(27)15-9-33(25(36)21(15)22(13)28)17-2-3-19(34)32-24(17)35/h6,8,10,12,14,17H,2-5,7,9H2,1H3,(H,30,37)(H,32,34,35)/t12?,14?,17-/m1/s1. The summed E-state index contributed by atoms with van der Waals surface area (Å²) < 4.78 is 21.9. The Morgan fingerprint density at radius 3 is 2.87 bits per heavy atom. The van der Waals surface area contributed by atoms with Gasteiger partial charge in [0.05, 0.1) is 21.3 Å². The number of hydrogen-bond acceptors (Lipinski definition) is 8. The Balaban J connectivity index is 1.08. The lowest BCUT2D eigenvalue weighted by Gasteiger charge is -2.35. The highest BCUT2D eigenvalue weighted by atomic mass is 35.5. The molecule has 202 valence electrons. The van der Waals surface area contributed by atoms with Crippen molar-refractivity contribution >= 4 is 57.0 Å². The average Bonchev–Trinajstić information content (AvgIpc) is 3.48. The van der Waals surface area contributed by atoms with Gasteiger partial charge in [-0.25, -0.2) is 14.2 Å². The van der Waals surface area contributed by atoms with Crippen LogP contribution in [0, 0.1) is 12.7 Å². The fourth-order valence-corrected chi connectivity index (χ4v) is 6.48. The highest BCUT2D eigenvalue weighted by molar-refractivity contribution is 7.16. The number of carbonyl (C=O) groups excluding carboxylic acids is 4. The number of piperidine rings is 1. The number of hydrogen-bond donors (Lipinski definition) is 2. The number of carbonyl (C=O) groups is 4. The maximum atomic E-state index is 15.4. The van der Waals surface area contributed by atoms with E-state index in [0.717, 1.165) is 21.5 Å². The minimum Gasteiger partial charge on any atom is -0.446 e. The van der Waals surface area contributed by atoms with Crippen molar-refractivity contribution < 1.29 is 28.3 Å². The smallest absolute Gasteiger partial charge is 0.407 e. The molecule has 1 saturated carbocycles. The number of thiazole rings is 1. The molecule has 39 heavy (non-hydrogen) atoms. The summed E-state index contributed by atoms with van der Waals surface area (Å²) in [5.41, 5.74) is 4.80. The van der Waals surface area contributed by atoms with Crippen LogP contribution >= 0.6 is 22.9 Å². The number of nitrogens with zero attached hydrogens (tertiary/aromatic N) is 3. The molecular weight excluding hydrogens is 549 g/mol. The summed E-state index contributed by atoms with van der Waals surface area (Å²) in [6.07, 6.45) is 2.33. The van der Waals surface area contributed by atoms with E-state index in [0.29, 0.717) is 12.8 Å². The van der Waals surface area contributed by atoms with Gasteiger partial charge in [-0.3, -0.25) is 24.7 Å². The van der Waals surface area contributed by atoms with Crippen LogP contribution in [0.15, 0.2) is 17.8 Å². The normalized spacial score (nSPS) is 22.5. The molecule has 0 bridgehead atoms. The third kappa shape index (κ3) is 4.51. The summed E-state index contributed by atoms with van der Waals surface area (Å²) in [5, 5.41) is 4.90. The number of imide groups is 1. The average molecular weight is 572 g/mol. The minimum atomic E-state index is -0.886. The van der Waals surface area contributed by atoms with Crippen LogP contribution in [0.4, 0.5) is 9.18 Å². The topological polar surface area (TPSA) is 131 Å². The molecule has 3 aliphatic rings. The summed E-state index contributed by atoms with van der Waals surface area (Å²) >= 11 is 7.91. The fourth-order valence-electron chi connectivity index (χ4n) is 5.53. The largest absolute Gasteiger partial charge is 0.446 e. The van der Waals surface area contributed by atoms with Crippen LogP contribution in [0.3, 0.4) is 0 Å². The van der Waals surface area contributed by atoms with Gasteiger partial charge in [0, 0.05) is 53.1 Å². The highest BCUT2D eigenvalue weighted by Gasteiger charge is 2.42. The molecule has 0 radical (unpaired) electrons. The Bertz CT molecular complexity index is 1560. The van der Waals surface area contributed by atoms with Gasteiger partial charge < -0.3 is 15.0 Å². The van der Waals surface area contributed by atoms with Gasteiger partial charge >= 0.3 is 6.09 Å². The zero-order valence-corrected chi connectivity index (χ0v) is 22.3. The van der Waals surface area contributed by atoms with Crippen molar-refractivity contribution in [3.8, 4) is 0 Å². The van der Waals surface area contributed by atoms with Crippen molar-refractivity contribution in [2.24, 2.45) is 0 Å². The first-order chi connectivity index (χ1) is 18.7. The molecule has 1 aromatic carbocycles. The monoisotopic (exact) mass is 571 g/mol. The van der Waals surface area contributed by atoms with E-state index in [9.17, 15) is 19.2 Å². The number of ether oxygens (including phenoxy) is 1. The molecular formula is C26H23ClFN5O5S. The predicted octanol–water partition coefficient (Wildman–Crippen LogP) is 3.73. The van der Waals surface area contributed by atoms with Gasteiger partial charge in [0.2, 0.25) is 11.8 Å². The second-order valence-corrected chi connectivity index (χ2v) is 11.3. The van der Waals surface area contributed by atoms with E-state index >= 15 is 4.39 Å². The van der Waals surface area contributed by atoms with Crippen LogP contribution in [0.1, 0.15) is 64.3 Å². The van der Waals surface area contributed by atoms with Crippen LogP contribution in [-0.2, 0) is 27.4 Å². The SMILES string of the molecule is Cc1ncc2scnc2c1C1CC(OC(=O)NCc2cc(Cl)c3c(c2F)C(=O)N([C@@H]2CCC(=O)NC2=O)C3)C1. The summed E-state index contributed by atoms with van der Waals surface area (Å²) in [6, 6.07) is 0.476. The second-order valence-electron chi connectivity index (χ2n) is 9.96. The molecule has 3 aromatic rings. The molecule has 6 rings (SSSR count). The summed E-state index contributed by atoms with van der Waals surface area (Å²) in [4.78, 5) is 59.4. The van der Waals surface area contributed by atoms with Gasteiger partial charge in [-0.1, -0.05) is 11.6 Å². The van der Waals surface area contributed by atoms with Gasteiger partial charge in [-0.05, 0) is 38.2 Å². The van der Waals surface area contributed by atoms with E-state index in [2.05, 4.69) is 20.6 Å². The first kappa shape index (κ1) is 25.6. The molecule has 2 aromatic heterocycles. The molecule has 4 amide bonds. The third-order valence-electron chi connectivity index (χ3n) is 7.60. The van der Waals surface area contributed by atoms with Crippen LogP contribution in [0.2, 0.25) is 5.02 Å². The minimum absolute atomic E-state index is 0.0255. The van der Waals surface area contributed by atoms with Gasteiger partial charge in [-0.2, -0.15) is 0 Å². The molecule has 0 unspecified atom stereocenters. The third-order valence-corrected chi connectivity index (χ3v) is 8.70. The van der Waals surface area contributed by atoms with Crippen molar-refractivity contribution in [3.63, 3.8) is 0 Å². The molecule has 4 heterocycles. The summed E-state index contributed by atoms with van der Waals surface area (Å²) in [6.45, 7) is 1.67. The van der Waals surface area contributed by atoms with Crippen molar-refractivity contribution in [1.29, 1.82) is 0 Å². The van der Waals surface area contributed by atoms with E-state index in [1.807, 2.05) is 13.1 Å². The Morgan fingerprint density at radius 2 is 2.10 bits per heavy atom. The molecule has 13 heteroatoms. The van der Waals surface area contributed by atoms with E-state index in [1.54, 1.807) is 5.51 Å². The van der Waals surface area contributed by atoms with Crippen molar-refractivity contribution in [3.05, 3.63) is 56.6 Å². The zero-order chi connectivity index (χ0) is 27.4. The van der Waals surface area contributed by atoms with Gasteiger partial charge in [-0.15, -0.1) is 11.3 Å². The number of alkyl carbamates (subject to hydrolysis) is 1. The number of rotatable bonds is 5. The number of fused-ring (bicyclic) bond motifs is 2. The van der Waals surface area contributed by atoms with Crippen molar-refractivity contribution in [2.45, 2.75) is 63.8 Å². The zero-order valence-electron chi connectivity index (χ0n) is 20.8. The Hall–Kier alpha value is -3.64. The molecule has 10 nitrogen and oxygen atoms in total. The van der Waals surface area contributed by atoms with Gasteiger partial charge in [0.15, 0.2) is 0 Å². The number of benzene rings is 1. The van der Waals surface area contributed by atoms with E-state index < -0.39 is 35.7 Å². The lowest BCUT2D eigenvalue weighted by atomic mass is 9.76. The Labute approximate surface area is 230 Å². The second kappa shape index (κ2) is 9.83. The van der Waals surface area contributed by atoms with Crippen molar-refractivity contribution in [2.75, 3.05) is 0 Å². The summed E-state index contributed by atoms with van der Waals surface area (Å²) in [5.74, 6) is -2.30. The summed E-state index contributed by atoms with van der Waals surface area (Å²) in [7, 11) is 0. The number of nitrogens with one attached hydrogen (secondary N) is 2. The number of amides is 4. The first-order valence-electron chi connectivity index (χ1n) is 12.5. The maximum absolute atomic E-state index is 15.4. The molecule has 1 atom stereocenters. The molecule has 1 saturated heterocycles. The lowest BCUT2D eigenvalue weighted by molar-refractivity contribution is -0.136. The first-order valence-corrected chi connectivity index (χ1v) is 13.7. The number of aryl methyl sites for hydroxylation is 1. The van der Waals surface area contributed by atoms with Gasteiger partial charge in [0.1, 0.15) is 18.0 Å². The van der Waals surface area contributed by atoms with Crippen LogP contribution in [0.25, 0.3) is 10.2 Å². The van der Waals surface area contributed by atoms with Crippen LogP contribution < -0.4 is 10.6 Å². The fraction of sp³-hybridized carbons (Fsp3) is 0.385. The Kier molecular flexibility index (Phi) is 6.46. The molecule has 0 spiro atoms. The molecule has 2 N–H and O–H groups in total. The van der Waals surface area contributed by atoms with Crippen LogP contribution in [0.5, 0.6) is 0 Å². The van der Waals surface area contributed by atoms with E-state index in [-0.39, 0.29) is 59.7 Å². The molecule has 1 aliphatic carbocycles. The Morgan fingerprint density at radius 1 is 1.31 bits per heavy atom. The van der Waals surface area contributed by atoms with E-state index in [1.165, 1.54) is 22.3 Å². The number of aromatic nitrogens is 2. The maximum Gasteiger partial charge on any atom is 0.407 e. The van der Waals surface area contributed by atoms with Crippen molar-refractivity contribution in [1.82, 2.24) is 25.5 Å². The highest BCUT2D eigenvalue weighted by Crippen LogP contribution is 2.43. The molecule has 2 aliphatic heterocycles. The van der Waals surface area contributed by atoms with E-state index in [4.69, 9.17) is 16.3 Å². The van der Waals surface area contributed by atoms with Crippen LogP contribution in [-0.4, -0.2) is 50.8 Å². The van der Waals surface area contributed by atoms with Gasteiger partial charge in [0.25, 0.3) is 5.91 Å².